The third-order valence-corrected chi connectivity index (χ3v) is 4.20. The van der Waals surface area contributed by atoms with Crippen LogP contribution in [0.3, 0.4) is 0 Å². The monoisotopic (exact) mass is 247 g/mol. The minimum atomic E-state index is -1.25. The summed E-state index contributed by atoms with van der Waals surface area (Å²) in [5, 5.41) is 18.3. The van der Waals surface area contributed by atoms with Crippen LogP contribution in [0.5, 0.6) is 0 Å². The topological polar surface area (TPSA) is 77.8 Å². The lowest BCUT2D eigenvalue weighted by Gasteiger charge is -2.35. The molecular weight excluding hydrogens is 230 g/mol. The highest BCUT2D eigenvalue weighted by Crippen LogP contribution is 2.39. The maximum atomic E-state index is 11.9. The summed E-state index contributed by atoms with van der Waals surface area (Å²) in [5.74, 6) is -0.224. The number of ketones is 1. The lowest BCUT2D eigenvalue weighted by atomic mass is 9.90. The van der Waals surface area contributed by atoms with Crippen LogP contribution in [0.15, 0.2) is 0 Å². The molecular formula is C10H17NO4S. The summed E-state index contributed by atoms with van der Waals surface area (Å²) in [6.45, 7) is 4.77. The molecule has 1 fully saturated rings. The summed E-state index contributed by atoms with van der Waals surface area (Å²) in [6.07, 6.45) is -1.91. The van der Waals surface area contributed by atoms with Gasteiger partial charge >= 0.3 is 6.09 Å². The van der Waals surface area contributed by atoms with Gasteiger partial charge < -0.3 is 10.2 Å². The van der Waals surface area contributed by atoms with Crippen LogP contribution in [0.2, 0.25) is 0 Å². The summed E-state index contributed by atoms with van der Waals surface area (Å²) >= 11 is 4.20. The van der Waals surface area contributed by atoms with Crippen molar-refractivity contribution in [2.45, 2.75) is 50.1 Å². The maximum Gasteiger partial charge on any atom is 0.408 e. The summed E-state index contributed by atoms with van der Waals surface area (Å²) in [4.78, 5) is 24.1. The van der Waals surface area contributed by atoms with Crippen LogP contribution < -0.4 is 0 Å². The van der Waals surface area contributed by atoms with Gasteiger partial charge in [-0.1, -0.05) is 6.92 Å². The molecule has 6 heteroatoms. The van der Waals surface area contributed by atoms with Crippen LogP contribution >= 0.6 is 12.6 Å². The number of carbonyl (C=O) groups excluding carboxylic acids is 1. The predicted molar refractivity (Wildman–Crippen MR) is 61.8 cm³/mol. The van der Waals surface area contributed by atoms with Crippen LogP contribution in [0, 0.1) is 0 Å². The summed E-state index contributed by atoms with van der Waals surface area (Å²) in [7, 11) is 0. The van der Waals surface area contributed by atoms with Gasteiger partial charge in [0.15, 0.2) is 5.78 Å². The molecule has 0 aliphatic carbocycles. The Hall–Kier alpha value is -0.750. The number of carbonyl (C=O) groups is 2. The van der Waals surface area contributed by atoms with Gasteiger partial charge in [-0.3, -0.25) is 9.69 Å². The van der Waals surface area contributed by atoms with E-state index >= 15 is 0 Å². The second-order valence-electron chi connectivity index (χ2n) is 4.25. The zero-order valence-corrected chi connectivity index (χ0v) is 10.4. The number of hydrogen-bond donors (Lipinski definition) is 3. The van der Waals surface area contributed by atoms with E-state index in [-0.39, 0.29) is 12.2 Å². The number of Topliss-reactive ketones (excluding diaryl/α,β-unsaturated/α-hetero) is 1. The van der Waals surface area contributed by atoms with Crippen molar-refractivity contribution in [1.29, 1.82) is 0 Å². The van der Waals surface area contributed by atoms with Crippen molar-refractivity contribution in [3.05, 3.63) is 0 Å². The fourth-order valence-corrected chi connectivity index (χ4v) is 2.86. The van der Waals surface area contributed by atoms with Gasteiger partial charge in [-0.05, 0) is 13.8 Å². The fourth-order valence-electron chi connectivity index (χ4n) is 2.34. The number of aliphatic hydroxyl groups excluding tert-OH is 1. The normalized spacial score (nSPS) is 38.8. The molecule has 0 saturated carbocycles. The van der Waals surface area contributed by atoms with Crippen LogP contribution in [0.25, 0.3) is 0 Å². The Morgan fingerprint density at radius 3 is 2.38 bits per heavy atom. The molecule has 0 bridgehead atoms. The molecule has 1 aliphatic rings. The van der Waals surface area contributed by atoms with Crippen molar-refractivity contribution < 1.29 is 19.8 Å². The number of hydrogen-bond acceptors (Lipinski definition) is 4. The number of aliphatic hydroxyl groups is 1. The van der Waals surface area contributed by atoms with Crippen molar-refractivity contribution in [1.82, 2.24) is 4.90 Å². The minimum absolute atomic E-state index is 0.219. The molecule has 1 amide bonds. The van der Waals surface area contributed by atoms with E-state index in [2.05, 4.69) is 12.6 Å². The Labute approximate surface area is 99.8 Å². The minimum Gasteiger partial charge on any atom is -0.465 e. The third-order valence-electron chi connectivity index (χ3n) is 3.39. The highest BCUT2D eigenvalue weighted by Gasteiger charge is 2.58. The van der Waals surface area contributed by atoms with Crippen molar-refractivity contribution >= 4 is 24.5 Å². The van der Waals surface area contributed by atoms with Crippen LogP contribution in [0.4, 0.5) is 4.79 Å². The summed E-state index contributed by atoms with van der Waals surface area (Å²) in [6, 6.07) is -0.625. The first-order valence-corrected chi connectivity index (χ1v) is 5.71. The highest BCUT2D eigenvalue weighted by molar-refractivity contribution is 7.81. The lowest BCUT2D eigenvalue weighted by molar-refractivity contribution is -0.127. The van der Waals surface area contributed by atoms with Crippen LogP contribution in [-0.4, -0.2) is 49.9 Å². The van der Waals surface area contributed by atoms with Gasteiger partial charge in [0.2, 0.25) is 0 Å². The van der Waals surface area contributed by atoms with Gasteiger partial charge in [0.1, 0.15) is 5.54 Å². The van der Waals surface area contributed by atoms with Crippen molar-refractivity contribution in [3.63, 3.8) is 0 Å². The number of rotatable bonds is 2. The number of thiol groups is 1. The highest BCUT2D eigenvalue weighted by atomic mass is 32.1. The van der Waals surface area contributed by atoms with E-state index in [4.69, 9.17) is 5.11 Å². The first-order chi connectivity index (χ1) is 7.28. The molecule has 0 aromatic heterocycles. The molecule has 1 saturated heterocycles. The van der Waals surface area contributed by atoms with Crippen LogP contribution in [0.1, 0.15) is 27.2 Å². The van der Waals surface area contributed by atoms with Gasteiger partial charge in [0, 0.05) is 6.42 Å². The molecule has 2 N–H and O–H groups in total. The largest absolute Gasteiger partial charge is 0.465 e. The Morgan fingerprint density at radius 1 is 1.50 bits per heavy atom. The van der Waals surface area contributed by atoms with Crippen molar-refractivity contribution in [3.8, 4) is 0 Å². The molecule has 1 rings (SSSR count). The molecule has 92 valence electrons. The molecule has 0 radical (unpaired) electrons. The lowest BCUT2D eigenvalue weighted by Crippen LogP contribution is -2.56. The van der Waals surface area contributed by atoms with Crippen molar-refractivity contribution in [2.75, 3.05) is 0 Å². The first-order valence-electron chi connectivity index (χ1n) is 5.20. The molecule has 0 aromatic carbocycles. The quantitative estimate of drug-likeness (QED) is 0.630. The molecule has 1 aliphatic heterocycles. The van der Waals surface area contributed by atoms with Gasteiger partial charge in [-0.25, -0.2) is 4.79 Å². The Balaban J connectivity index is 3.22. The zero-order valence-electron chi connectivity index (χ0n) is 9.54. The number of amides is 1. The van der Waals surface area contributed by atoms with E-state index in [1.54, 1.807) is 13.8 Å². The van der Waals surface area contributed by atoms with E-state index < -0.39 is 29.0 Å². The molecule has 5 nitrogen and oxygen atoms in total. The average molecular weight is 247 g/mol. The molecule has 4 atom stereocenters. The molecule has 16 heavy (non-hydrogen) atoms. The SMILES string of the molecule is CCC(=O)[C@@]1(C)C(S)C(O)C(C)N1C(=O)O. The number of nitrogens with zero attached hydrogens (tertiary/aromatic N) is 1. The van der Waals surface area contributed by atoms with Crippen LogP contribution in [-0.2, 0) is 4.79 Å². The fraction of sp³-hybridized carbons (Fsp3) is 0.800. The summed E-state index contributed by atoms with van der Waals surface area (Å²) in [5.41, 5.74) is -1.25. The van der Waals surface area contributed by atoms with E-state index in [1.807, 2.05) is 0 Å². The van der Waals surface area contributed by atoms with Gasteiger partial charge in [-0.2, -0.15) is 12.6 Å². The molecule has 3 unspecified atom stereocenters. The standard InChI is InChI=1S/C10H17NO4S/c1-4-6(12)10(3)8(16)7(13)5(2)11(10)9(14)15/h5,7-8,13,16H,4H2,1-3H3,(H,14,15)/t5?,7?,8?,10-/m0/s1. The Kier molecular flexibility index (Phi) is 3.54. The van der Waals surface area contributed by atoms with Crippen molar-refractivity contribution in [2.24, 2.45) is 0 Å². The average Bonchev–Trinajstić information content (AvgIpc) is 2.40. The molecule has 0 aromatic rings. The smallest absolute Gasteiger partial charge is 0.408 e. The molecule has 0 spiro atoms. The van der Waals surface area contributed by atoms with E-state index in [9.17, 15) is 14.7 Å². The zero-order chi connectivity index (χ0) is 12.7. The Morgan fingerprint density at radius 2 is 2.00 bits per heavy atom. The predicted octanol–water partition coefficient (Wildman–Crippen LogP) is 0.766. The second kappa shape index (κ2) is 4.25. The van der Waals surface area contributed by atoms with E-state index in [1.165, 1.54) is 6.92 Å². The number of likely N-dealkylation sites (tertiary alicyclic amines) is 1. The van der Waals surface area contributed by atoms with Gasteiger partial charge in [-0.15, -0.1) is 0 Å². The third kappa shape index (κ3) is 1.60. The summed E-state index contributed by atoms with van der Waals surface area (Å²) < 4.78 is 0. The van der Waals surface area contributed by atoms with Gasteiger partial charge in [0.05, 0.1) is 17.4 Å². The van der Waals surface area contributed by atoms with Gasteiger partial charge in [0.25, 0.3) is 0 Å². The number of carboxylic acid groups (broad SMARTS) is 1. The first kappa shape index (κ1) is 13.3. The second-order valence-corrected chi connectivity index (χ2v) is 4.81. The molecule has 1 heterocycles. The van der Waals surface area contributed by atoms with E-state index in [0.29, 0.717) is 0 Å². The Bertz CT molecular complexity index is 322. The van der Waals surface area contributed by atoms with E-state index in [0.717, 1.165) is 4.90 Å². The maximum absolute atomic E-state index is 11.9.